The molecular weight excluding hydrogens is 270 g/mol. The van der Waals surface area contributed by atoms with Gasteiger partial charge in [0.25, 0.3) is 0 Å². The molecule has 0 spiro atoms. The van der Waals surface area contributed by atoms with Crippen LogP contribution in [0.1, 0.15) is 28.8 Å². The Labute approximate surface area is 121 Å². The van der Waals surface area contributed by atoms with Crippen molar-refractivity contribution < 1.29 is 0 Å². The van der Waals surface area contributed by atoms with E-state index >= 15 is 0 Å². The third-order valence-electron chi connectivity index (χ3n) is 3.51. The molecule has 5 nitrogen and oxygen atoms in total. The standard InChI is InChI=1S/C14H17N5S/c1-5-10-8(3)18-19(9(10)4)12-11-6-7(2)20-13(11)17-14(15)16-12/h6H,5H2,1-4H3,(H2,15,16,17). The molecule has 0 amide bonds. The Morgan fingerprint density at radius 1 is 1.25 bits per heavy atom. The van der Waals surface area contributed by atoms with E-state index in [0.717, 1.165) is 33.8 Å². The molecule has 0 fully saturated rings. The number of aryl methyl sites for hydroxylation is 2. The van der Waals surface area contributed by atoms with Crippen molar-refractivity contribution in [2.45, 2.75) is 34.1 Å². The van der Waals surface area contributed by atoms with Crippen LogP contribution in [0.3, 0.4) is 0 Å². The van der Waals surface area contributed by atoms with Crippen molar-refractivity contribution in [1.82, 2.24) is 19.7 Å². The van der Waals surface area contributed by atoms with E-state index in [1.165, 1.54) is 10.4 Å². The maximum absolute atomic E-state index is 5.84. The Morgan fingerprint density at radius 3 is 2.65 bits per heavy atom. The first-order chi connectivity index (χ1) is 9.51. The van der Waals surface area contributed by atoms with Gasteiger partial charge in [-0.25, -0.2) is 9.67 Å². The van der Waals surface area contributed by atoms with Gasteiger partial charge in [0.05, 0.1) is 11.1 Å². The van der Waals surface area contributed by atoms with Crippen molar-refractivity contribution in [3.63, 3.8) is 0 Å². The number of rotatable bonds is 2. The van der Waals surface area contributed by atoms with Crippen LogP contribution in [-0.4, -0.2) is 19.7 Å². The summed E-state index contributed by atoms with van der Waals surface area (Å²) in [7, 11) is 0. The van der Waals surface area contributed by atoms with E-state index in [4.69, 9.17) is 5.73 Å². The molecule has 0 radical (unpaired) electrons. The summed E-state index contributed by atoms with van der Waals surface area (Å²) in [5.41, 5.74) is 9.27. The van der Waals surface area contributed by atoms with Crippen molar-refractivity contribution in [3.8, 4) is 5.82 Å². The minimum atomic E-state index is 0.292. The predicted molar refractivity (Wildman–Crippen MR) is 82.5 cm³/mol. The highest BCUT2D eigenvalue weighted by molar-refractivity contribution is 7.18. The fraction of sp³-hybridized carbons (Fsp3) is 0.357. The highest BCUT2D eigenvalue weighted by atomic mass is 32.1. The summed E-state index contributed by atoms with van der Waals surface area (Å²) in [6.07, 6.45) is 0.962. The van der Waals surface area contributed by atoms with Gasteiger partial charge in [-0.3, -0.25) is 0 Å². The Morgan fingerprint density at radius 2 is 2.00 bits per heavy atom. The first kappa shape index (κ1) is 13.1. The lowest BCUT2D eigenvalue weighted by atomic mass is 10.1. The Bertz CT molecular complexity index is 800. The fourth-order valence-corrected chi connectivity index (χ4v) is 3.48. The number of thiophene rings is 1. The van der Waals surface area contributed by atoms with Crippen LogP contribution in [0.15, 0.2) is 6.07 Å². The molecule has 0 saturated heterocycles. The molecule has 3 rings (SSSR count). The maximum Gasteiger partial charge on any atom is 0.223 e. The van der Waals surface area contributed by atoms with E-state index in [9.17, 15) is 0 Å². The number of nitrogens with zero attached hydrogens (tertiary/aromatic N) is 4. The normalized spacial score (nSPS) is 11.4. The molecule has 0 bridgehead atoms. The molecule has 0 aromatic carbocycles. The first-order valence-electron chi connectivity index (χ1n) is 6.60. The summed E-state index contributed by atoms with van der Waals surface area (Å²) >= 11 is 1.63. The molecule has 6 heteroatoms. The first-order valence-corrected chi connectivity index (χ1v) is 7.42. The molecule has 104 valence electrons. The number of nitrogens with two attached hydrogens (primary N) is 1. The molecule has 2 N–H and O–H groups in total. The summed E-state index contributed by atoms with van der Waals surface area (Å²) in [5, 5.41) is 5.64. The highest BCUT2D eigenvalue weighted by Gasteiger charge is 2.16. The Kier molecular flexibility index (Phi) is 2.97. The average Bonchev–Trinajstić information content (AvgIpc) is 2.88. The summed E-state index contributed by atoms with van der Waals surface area (Å²) in [5.74, 6) is 1.07. The van der Waals surface area contributed by atoms with Gasteiger partial charge in [-0.2, -0.15) is 10.1 Å². The van der Waals surface area contributed by atoms with Crippen LogP contribution in [0.4, 0.5) is 5.95 Å². The van der Waals surface area contributed by atoms with Crippen molar-refractivity contribution in [1.29, 1.82) is 0 Å². The van der Waals surface area contributed by atoms with Crippen LogP contribution in [0.5, 0.6) is 0 Å². The number of nitrogen functional groups attached to an aromatic ring is 1. The SMILES string of the molecule is CCc1c(C)nn(-c2nc(N)nc3sc(C)cc23)c1C. The van der Waals surface area contributed by atoms with Crippen LogP contribution in [0.2, 0.25) is 0 Å². The zero-order valence-electron chi connectivity index (χ0n) is 12.1. The number of fused-ring (bicyclic) bond motifs is 1. The van der Waals surface area contributed by atoms with Crippen molar-refractivity contribution in [2.24, 2.45) is 0 Å². The molecule has 3 aromatic heterocycles. The summed E-state index contributed by atoms with van der Waals surface area (Å²) < 4.78 is 1.89. The average molecular weight is 287 g/mol. The second kappa shape index (κ2) is 4.56. The summed E-state index contributed by atoms with van der Waals surface area (Å²) in [6, 6.07) is 2.09. The van der Waals surface area contributed by atoms with Crippen LogP contribution >= 0.6 is 11.3 Å². The molecule has 0 aliphatic heterocycles. The van der Waals surface area contributed by atoms with Crippen LogP contribution < -0.4 is 5.73 Å². The van der Waals surface area contributed by atoms with E-state index in [-0.39, 0.29) is 0 Å². The van der Waals surface area contributed by atoms with Gasteiger partial charge in [0.15, 0.2) is 5.82 Å². The van der Waals surface area contributed by atoms with Gasteiger partial charge in [-0.1, -0.05) is 6.92 Å². The summed E-state index contributed by atoms with van der Waals surface area (Å²) in [4.78, 5) is 10.8. The van der Waals surface area contributed by atoms with Crippen molar-refractivity contribution >= 4 is 27.5 Å². The molecule has 20 heavy (non-hydrogen) atoms. The number of anilines is 1. The van der Waals surface area contributed by atoms with Crippen LogP contribution in [-0.2, 0) is 6.42 Å². The zero-order valence-corrected chi connectivity index (χ0v) is 12.9. The molecular formula is C14H17N5S. The van der Waals surface area contributed by atoms with Gasteiger partial charge in [-0.15, -0.1) is 11.3 Å². The second-order valence-electron chi connectivity index (χ2n) is 4.90. The quantitative estimate of drug-likeness (QED) is 0.786. The highest BCUT2D eigenvalue weighted by Crippen LogP contribution is 2.29. The van der Waals surface area contributed by atoms with E-state index in [1.807, 2.05) is 11.6 Å². The van der Waals surface area contributed by atoms with E-state index < -0.39 is 0 Å². The molecule has 3 aromatic rings. The monoisotopic (exact) mass is 287 g/mol. The zero-order chi connectivity index (χ0) is 14.4. The van der Waals surface area contributed by atoms with Crippen molar-refractivity contribution in [3.05, 3.63) is 27.9 Å². The van der Waals surface area contributed by atoms with Gasteiger partial charge in [0.2, 0.25) is 5.95 Å². The lowest BCUT2D eigenvalue weighted by Crippen LogP contribution is -2.06. The number of aromatic nitrogens is 4. The largest absolute Gasteiger partial charge is 0.368 e. The Balaban J connectivity index is 2.34. The second-order valence-corrected chi connectivity index (χ2v) is 6.13. The topological polar surface area (TPSA) is 69.6 Å². The lowest BCUT2D eigenvalue weighted by Gasteiger charge is -2.06. The van der Waals surface area contributed by atoms with E-state index in [0.29, 0.717) is 5.95 Å². The minimum absolute atomic E-state index is 0.292. The van der Waals surface area contributed by atoms with Crippen molar-refractivity contribution in [2.75, 3.05) is 5.73 Å². The van der Waals surface area contributed by atoms with Gasteiger partial charge in [0, 0.05) is 10.6 Å². The van der Waals surface area contributed by atoms with Crippen LogP contribution in [0, 0.1) is 20.8 Å². The molecule has 0 aliphatic carbocycles. The molecule has 0 atom stereocenters. The third-order valence-corrected chi connectivity index (χ3v) is 4.45. The van der Waals surface area contributed by atoms with Gasteiger partial charge < -0.3 is 5.73 Å². The fourth-order valence-electron chi connectivity index (χ4n) is 2.60. The minimum Gasteiger partial charge on any atom is -0.368 e. The third kappa shape index (κ3) is 1.87. The van der Waals surface area contributed by atoms with Gasteiger partial charge in [0.1, 0.15) is 4.83 Å². The Hall–Kier alpha value is -1.95. The van der Waals surface area contributed by atoms with E-state index in [1.54, 1.807) is 11.3 Å². The molecule has 3 heterocycles. The molecule has 0 unspecified atom stereocenters. The number of hydrogen-bond donors (Lipinski definition) is 1. The molecule has 0 saturated carbocycles. The number of hydrogen-bond acceptors (Lipinski definition) is 5. The summed E-state index contributed by atoms with van der Waals surface area (Å²) in [6.45, 7) is 8.30. The maximum atomic E-state index is 5.84. The molecule has 0 aliphatic rings. The lowest BCUT2D eigenvalue weighted by molar-refractivity contribution is 0.811. The van der Waals surface area contributed by atoms with Gasteiger partial charge in [-0.05, 0) is 38.8 Å². The smallest absolute Gasteiger partial charge is 0.223 e. The predicted octanol–water partition coefficient (Wildman–Crippen LogP) is 2.95. The van der Waals surface area contributed by atoms with Crippen LogP contribution in [0.25, 0.3) is 16.0 Å². The van der Waals surface area contributed by atoms with Gasteiger partial charge >= 0.3 is 0 Å². The van der Waals surface area contributed by atoms with E-state index in [2.05, 4.69) is 41.9 Å².